The minimum atomic E-state index is -0.921. The molecule has 102 valence electrons. The molecule has 1 N–H and O–H groups in total. The third-order valence-corrected chi connectivity index (χ3v) is 3.89. The monoisotopic (exact) mass is 272 g/mol. The zero-order chi connectivity index (χ0) is 13.5. The number of nitrogens with zero attached hydrogens (tertiary/aromatic N) is 2. The Kier molecular flexibility index (Phi) is 6.07. The van der Waals surface area contributed by atoms with E-state index < -0.39 is 5.97 Å². The van der Waals surface area contributed by atoms with E-state index in [1.807, 2.05) is 0 Å². The Labute approximate surface area is 111 Å². The Morgan fingerprint density at radius 1 is 1.56 bits per heavy atom. The molecule has 0 saturated heterocycles. The second kappa shape index (κ2) is 7.33. The number of rotatable bonds is 8. The van der Waals surface area contributed by atoms with Gasteiger partial charge in [-0.2, -0.15) is 0 Å². The molecule has 0 bridgehead atoms. The highest BCUT2D eigenvalue weighted by Gasteiger charge is 2.20. The zero-order valence-electron chi connectivity index (χ0n) is 11.0. The van der Waals surface area contributed by atoms with Gasteiger partial charge in [-0.3, -0.25) is 0 Å². The highest BCUT2D eigenvalue weighted by atomic mass is 32.1. The molecule has 18 heavy (non-hydrogen) atoms. The Morgan fingerprint density at radius 2 is 2.22 bits per heavy atom. The molecular weight excluding hydrogens is 252 g/mol. The standard InChI is InChI=1S/C12H20N2O3S/c1-4-9(5-2)14(6-7-17-3)12-13-8-10(18-12)11(15)16/h8-9H,4-7H2,1-3H3,(H,15,16). The molecule has 0 aromatic carbocycles. The summed E-state index contributed by atoms with van der Waals surface area (Å²) in [5, 5.41) is 9.70. The molecule has 0 aliphatic heterocycles. The molecule has 0 saturated carbocycles. The molecule has 0 radical (unpaired) electrons. The van der Waals surface area contributed by atoms with Gasteiger partial charge in [0.25, 0.3) is 0 Å². The lowest BCUT2D eigenvalue weighted by molar-refractivity contribution is 0.0702. The van der Waals surface area contributed by atoms with Crippen LogP contribution in [0.15, 0.2) is 6.20 Å². The molecule has 0 unspecified atom stereocenters. The molecule has 0 amide bonds. The second-order valence-corrected chi connectivity index (χ2v) is 4.98. The summed E-state index contributed by atoms with van der Waals surface area (Å²) in [6.07, 6.45) is 3.43. The quantitative estimate of drug-likeness (QED) is 0.787. The molecule has 1 heterocycles. The Balaban J connectivity index is 2.89. The highest BCUT2D eigenvalue weighted by Crippen LogP contribution is 2.26. The molecule has 1 rings (SSSR count). The van der Waals surface area contributed by atoms with Crippen molar-refractivity contribution in [1.29, 1.82) is 0 Å². The van der Waals surface area contributed by atoms with E-state index in [9.17, 15) is 4.79 Å². The fraction of sp³-hybridized carbons (Fsp3) is 0.667. The molecule has 0 fully saturated rings. The van der Waals surface area contributed by atoms with E-state index >= 15 is 0 Å². The van der Waals surface area contributed by atoms with Crippen molar-refractivity contribution in [2.24, 2.45) is 0 Å². The van der Waals surface area contributed by atoms with Gasteiger partial charge in [0, 0.05) is 19.7 Å². The largest absolute Gasteiger partial charge is 0.477 e. The van der Waals surface area contributed by atoms with Crippen LogP contribution in [0.1, 0.15) is 36.4 Å². The summed E-state index contributed by atoms with van der Waals surface area (Å²) in [5.41, 5.74) is 0. The predicted molar refractivity (Wildman–Crippen MR) is 72.7 cm³/mol. The van der Waals surface area contributed by atoms with Gasteiger partial charge in [-0.1, -0.05) is 25.2 Å². The summed E-state index contributed by atoms with van der Waals surface area (Å²) in [6, 6.07) is 0.368. The van der Waals surface area contributed by atoms with Crippen LogP contribution in [0, 0.1) is 0 Å². The van der Waals surface area contributed by atoms with Gasteiger partial charge in [-0.05, 0) is 12.8 Å². The van der Waals surface area contributed by atoms with Crippen LogP contribution >= 0.6 is 11.3 Å². The van der Waals surface area contributed by atoms with Crippen molar-refractivity contribution >= 4 is 22.4 Å². The molecule has 6 heteroatoms. The van der Waals surface area contributed by atoms with Gasteiger partial charge in [0.15, 0.2) is 5.13 Å². The number of hydrogen-bond donors (Lipinski definition) is 1. The molecule has 1 aromatic heterocycles. The van der Waals surface area contributed by atoms with Gasteiger partial charge in [0.05, 0.1) is 12.8 Å². The number of aromatic carboxylic acids is 1. The second-order valence-electron chi connectivity index (χ2n) is 3.97. The predicted octanol–water partition coefficient (Wildman–Crippen LogP) is 2.48. The smallest absolute Gasteiger partial charge is 0.347 e. The molecule has 5 nitrogen and oxygen atoms in total. The number of ether oxygens (including phenoxy) is 1. The topological polar surface area (TPSA) is 62.7 Å². The van der Waals surface area contributed by atoms with Crippen molar-refractivity contribution in [2.45, 2.75) is 32.7 Å². The first kappa shape index (κ1) is 14.9. The minimum absolute atomic E-state index is 0.276. The number of carboxylic acid groups (broad SMARTS) is 1. The maximum absolute atomic E-state index is 10.9. The first-order valence-corrected chi connectivity index (χ1v) is 6.90. The lowest BCUT2D eigenvalue weighted by atomic mass is 10.1. The lowest BCUT2D eigenvalue weighted by Crippen LogP contribution is -2.37. The van der Waals surface area contributed by atoms with Gasteiger partial charge in [-0.15, -0.1) is 0 Å². The van der Waals surface area contributed by atoms with E-state index in [-0.39, 0.29) is 4.88 Å². The average Bonchev–Trinajstić information content (AvgIpc) is 2.84. The van der Waals surface area contributed by atoms with Crippen LogP contribution in [0.25, 0.3) is 0 Å². The van der Waals surface area contributed by atoms with E-state index in [1.165, 1.54) is 17.5 Å². The van der Waals surface area contributed by atoms with Crippen molar-refractivity contribution < 1.29 is 14.6 Å². The maximum Gasteiger partial charge on any atom is 0.347 e. The SMILES string of the molecule is CCC(CC)N(CCOC)c1ncc(C(=O)O)s1. The van der Waals surface area contributed by atoms with Gasteiger partial charge in [-0.25, -0.2) is 9.78 Å². The number of methoxy groups -OCH3 is 1. The number of carboxylic acids is 1. The van der Waals surface area contributed by atoms with Crippen LogP contribution in [-0.2, 0) is 4.74 Å². The molecule has 0 spiro atoms. The zero-order valence-corrected chi connectivity index (χ0v) is 11.9. The lowest BCUT2D eigenvalue weighted by Gasteiger charge is -2.29. The Hall–Kier alpha value is -1.14. The van der Waals surface area contributed by atoms with Crippen LogP contribution in [-0.4, -0.2) is 42.4 Å². The summed E-state index contributed by atoms with van der Waals surface area (Å²) in [6.45, 7) is 5.59. The number of hydrogen-bond acceptors (Lipinski definition) is 5. The van der Waals surface area contributed by atoms with Gasteiger partial charge >= 0.3 is 5.97 Å². The van der Waals surface area contributed by atoms with Crippen LogP contribution in [0.2, 0.25) is 0 Å². The first-order chi connectivity index (χ1) is 8.63. The van der Waals surface area contributed by atoms with Crippen LogP contribution in [0.5, 0.6) is 0 Å². The maximum atomic E-state index is 10.9. The Bertz CT molecular complexity index is 377. The van der Waals surface area contributed by atoms with Crippen molar-refractivity contribution in [2.75, 3.05) is 25.2 Å². The molecule has 1 aromatic rings. The van der Waals surface area contributed by atoms with Crippen molar-refractivity contribution in [1.82, 2.24) is 4.98 Å². The average molecular weight is 272 g/mol. The summed E-state index contributed by atoms with van der Waals surface area (Å²) in [5.74, 6) is -0.921. The van der Waals surface area contributed by atoms with E-state index in [0.717, 1.165) is 24.5 Å². The van der Waals surface area contributed by atoms with Gasteiger partial charge < -0.3 is 14.7 Å². The summed E-state index contributed by atoms with van der Waals surface area (Å²) in [4.78, 5) is 17.5. The molecule has 0 aliphatic rings. The van der Waals surface area contributed by atoms with Crippen LogP contribution in [0.4, 0.5) is 5.13 Å². The third kappa shape index (κ3) is 3.68. The minimum Gasteiger partial charge on any atom is -0.477 e. The van der Waals surface area contributed by atoms with E-state index in [1.54, 1.807) is 7.11 Å². The van der Waals surface area contributed by atoms with Crippen LogP contribution in [0.3, 0.4) is 0 Å². The van der Waals surface area contributed by atoms with Gasteiger partial charge in [0.2, 0.25) is 0 Å². The first-order valence-electron chi connectivity index (χ1n) is 6.08. The normalized spacial score (nSPS) is 10.9. The Morgan fingerprint density at radius 3 is 2.67 bits per heavy atom. The summed E-state index contributed by atoms with van der Waals surface area (Å²) >= 11 is 1.22. The van der Waals surface area contributed by atoms with Crippen molar-refractivity contribution in [3.05, 3.63) is 11.1 Å². The molecule has 0 aliphatic carbocycles. The number of thiazole rings is 1. The summed E-state index contributed by atoms with van der Waals surface area (Å²) < 4.78 is 5.11. The van der Waals surface area contributed by atoms with E-state index in [4.69, 9.17) is 9.84 Å². The van der Waals surface area contributed by atoms with Gasteiger partial charge in [0.1, 0.15) is 4.88 Å². The van der Waals surface area contributed by atoms with E-state index in [0.29, 0.717) is 12.6 Å². The fourth-order valence-corrected chi connectivity index (χ4v) is 2.70. The number of anilines is 1. The number of aromatic nitrogens is 1. The molecule has 0 atom stereocenters. The number of carbonyl (C=O) groups is 1. The van der Waals surface area contributed by atoms with Crippen molar-refractivity contribution in [3.8, 4) is 0 Å². The van der Waals surface area contributed by atoms with E-state index in [2.05, 4.69) is 23.7 Å². The van der Waals surface area contributed by atoms with Crippen molar-refractivity contribution in [3.63, 3.8) is 0 Å². The third-order valence-electron chi connectivity index (χ3n) is 2.87. The molecular formula is C12H20N2O3S. The summed E-state index contributed by atoms with van der Waals surface area (Å²) in [7, 11) is 1.66. The highest BCUT2D eigenvalue weighted by molar-refractivity contribution is 7.17. The van der Waals surface area contributed by atoms with Crippen LogP contribution < -0.4 is 4.90 Å². The fourth-order valence-electron chi connectivity index (χ4n) is 1.85.